The molecule has 1 aromatic carbocycles. The molecule has 0 amide bonds. The minimum Gasteiger partial charge on any atom is -0.387 e. The van der Waals surface area contributed by atoms with Crippen LogP contribution in [0.2, 0.25) is 0 Å². The monoisotopic (exact) mass is 273 g/mol. The molecule has 1 unspecified atom stereocenters. The Hall–Kier alpha value is -1.12. The fourth-order valence-electron chi connectivity index (χ4n) is 2.71. The average molecular weight is 273 g/mol. The van der Waals surface area contributed by atoms with Crippen molar-refractivity contribution in [3.63, 3.8) is 0 Å². The lowest BCUT2D eigenvalue weighted by molar-refractivity contribution is 0.175. The van der Waals surface area contributed by atoms with Crippen LogP contribution in [0.4, 0.5) is 0 Å². The van der Waals surface area contributed by atoms with Crippen molar-refractivity contribution in [3.05, 3.63) is 46.5 Å². The molecule has 0 saturated carbocycles. The summed E-state index contributed by atoms with van der Waals surface area (Å²) in [6.45, 7) is 5.79. The van der Waals surface area contributed by atoms with E-state index >= 15 is 0 Å². The van der Waals surface area contributed by atoms with Crippen LogP contribution in [-0.4, -0.2) is 18.2 Å². The van der Waals surface area contributed by atoms with Crippen LogP contribution >= 0.6 is 0 Å². The summed E-state index contributed by atoms with van der Waals surface area (Å²) in [6, 6.07) is 6.20. The summed E-state index contributed by atoms with van der Waals surface area (Å²) < 4.78 is 0. The van der Waals surface area contributed by atoms with E-state index in [0.29, 0.717) is 6.54 Å². The number of nitrogens with one attached hydrogen (secondary N) is 1. The fourth-order valence-corrected chi connectivity index (χ4v) is 2.71. The van der Waals surface area contributed by atoms with E-state index in [1.54, 1.807) is 5.57 Å². The third-order valence-electron chi connectivity index (χ3n) is 4.26. The lowest BCUT2D eigenvalue weighted by Gasteiger charge is -2.15. The zero-order chi connectivity index (χ0) is 14.4. The number of rotatable bonds is 6. The molecule has 2 nitrogen and oxygen atoms in total. The fraction of sp³-hybridized carbons (Fsp3) is 0.556. The maximum absolute atomic E-state index is 10.2. The number of aliphatic hydroxyl groups excluding tert-OH is 1. The zero-order valence-electron chi connectivity index (χ0n) is 12.8. The molecule has 1 atom stereocenters. The van der Waals surface area contributed by atoms with Crippen LogP contribution in [0.1, 0.15) is 54.9 Å². The van der Waals surface area contributed by atoms with Crippen molar-refractivity contribution in [3.8, 4) is 0 Å². The van der Waals surface area contributed by atoms with Crippen molar-refractivity contribution < 1.29 is 5.11 Å². The summed E-state index contributed by atoms with van der Waals surface area (Å²) >= 11 is 0. The van der Waals surface area contributed by atoms with Gasteiger partial charge >= 0.3 is 0 Å². The summed E-state index contributed by atoms with van der Waals surface area (Å²) in [5.41, 5.74) is 5.12. The molecule has 2 heteroatoms. The number of hydrogen-bond donors (Lipinski definition) is 2. The zero-order valence-corrected chi connectivity index (χ0v) is 12.8. The second-order valence-corrected chi connectivity index (χ2v) is 5.92. The van der Waals surface area contributed by atoms with Gasteiger partial charge in [-0.15, -0.1) is 0 Å². The molecule has 0 spiro atoms. The molecular formula is C18H27NO. The molecule has 0 aliphatic heterocycles. The van der Waals surface area contributed by atoms with E-state index in [1.807, 2.05) is 6.07 Å². The van der Waals surface area contributed by atoms with Crippen LogP contribution in [0.5, 0.6) is 0 Å². The number of hydrogen-bond acceptors (Lipinski definition) is 2. The molecule has 1 aliphatic rings. The highest BCUT2D eigenvalue weighted by Gasteiger charge is 2.08. The number of aliphatic hydroxyl groups is 1. The molecule has 0 fully saturated rings. The molecule has 20 heavy (non-hydrogen) atoms. The Morgan fingerprint density at radius 1 is 1.20 bits per heavy atom. The first-order valence-corrected chi connectivity index (χ1v) is 7.80. The Labute approximate surface area is 122 Å². The van der Waals surface area contributed by atoms with E-state index in [4.69, 9.17) is 0 Å². The van der Waals surface area contributed by atoms with Crippen LogP contribution in [0.3, 0.4) is 0 Å². The lowest BCUT2D eigenvalue weighted by atomic mass is 9.97. The Kier molecular flexibility index (Phi) is 5.81. The molecule has 0 aromatic heterocycles. The van der Waals surface area contributed by atoms with Gasteiger partial charge in [-0.05, 0) is 69.2 Å². The van der Waals surface area contributed by atoms with E-state index in [0.717, 1.165) is 18.5 Å². The lowest BCUT2D eigenvalue weighted by Crippen LogP contribution is -2.23. The largest absolute Gasteiger partial charge is 0.387 e. The molecule has 0 bridgehead atoms. The van der Waals surface area contributed by atoms with Crippen molar-refractivity contribution in [2.24, 2.45) is 0 Å². The molecule has 110 valence electrons. The van der Waals surface area contributed by atoms with Crippen LogP contribution in [0.15, 0.2) is 29.8 Å². The minimum absolute atomic E-state index is 0.408. The molecule has 0 saturated heterocycles. The van der Waals surface area contributed by atoms with Gasteiger partial charge in [-0.2, -0.15) is 0 Å². The maximum Gasteiger partial charge on any atom is 0.0914 e. The topological polar surface area (TPSA) is 32.3 Å². The van der Waals surface area contributed by atoms with E-state index in [9.17, 15) is 5.11 Å². The second-order valence-electron chi connectivity index (χ2n) is 5.92. The third-order valence-corrected chi connectivity index (χ3v) is 4.26. The molecule has 1 aliphatic carbocycles. The standard InChI is InChI=1S/C18H27NO/c1-14-8-9-17(12-15(14)2)18(20)13-19-11-10-16-6-4-3-5-7-16/h6,8-9,12,18-20H,3-5,7,10-11,13H2,1-2H3. The Bertz CT molecular complexity index is 464. The maximum atomic E-state index is 10.2. The van der Waals surface area contributed by atoms with Gasteiger partial charge < -0.3 is 10.4 Å². The van der Waals surface area contributed by atoms with Gasteiger partial charge in [0, 0.05) is 6.54 Å². The van der Waals surface area contributed by atoms with E-state index in [2.05, 4.69) is 37.4 Å². The van der Waals surface area contributed by atoms with Gasteiger partial charge in [0.15, 0.2) is 0 Å². The van der Waals surface area contributed by atoms with Gasteiger partial charge in [-0.3, -0.25) is 0 Å². The van der Waals surface area contributed by atoms with Gasteiger partial charge in [0.25, 0.3) is 0 Å². The highest BCUT2D eigenvalue weighted by Crippen LogP contribution is 2.20. The SMILES string of the molecule is Cc1ccc(C(O)CNCCC2=CCCCC2)cc1C. The van der Waals surface area contributed by atoms with Gasteiger partial charge in [-0.25, -0.2) is 0 Å². The summed E-state index contributed by atoms with van der Waals surface area (Å²) in [6.07, 6.45) is 8.32. The Balaban J connectivity index is 1.73. The van der Waals surface area contributed by atoms with Gasteiger partial charge in [-0.1, -0.05) is 29.8 Å². The van der Waals surface area contributed by atoms with Crippen LogP contribution in [0, 0.1) is 13.8 Å². The van der Waals surface area contributed by atoms with E-state index in [1.165, 1.54) is 36.8 Å². The first kappa shape index (κ1) is 15.3. The molecule has 2 rings (SSSR count). The number of allylic oxidation sites excluding steroid dienone is 1. The highest BCUT2D eigenvalue weighted by atomic mass is 16.3. The normalized spacial score (nSPS) is 16.9. The third kappa shape index (κ3) is 4.46. The van der Waals surface area contributed by atoms with Crippen molar-refractivity contribution in [2.45, 2.75) is 52.1 Å². The first-order valence-electron chi connectivity index (χ1n) is 7.80. The smallest absolute Gasteiger partial charge is 0.0914 e. The van der Waals surface area contributed by atoms with Crippen molar-refractivity contribution in [2.75, 3.05) is 13.1 Å². The quantitative estimate of drug-likeness (QED) is 0.610. The summed E-state index contributed by atoms with van der Waals surface area (Å²) in [4.78, 5) is 0. The molecule has 0 radical (unpaired) electrons. The number of benzene rings is 1. The van der Waals surface area contributed by atoms with E-state index < -0.39 is 6.10 Å². The van der Waals surface area contributed by atoms with Crippen LogP contribution in [0.25, 0.3) is 0 Å². The van der Waals surface area contributed by atoms with Crippen LogP contribution in [-0.2, 0) is 0 Å². The molecule has 1 aromatic rings. The second kappa shape index (κ2) is 7.61. The van der Waals surface area contributed by atoms with E-state index in [-0.39, 0.29) is 0 Å². The van der Waals surface area contributed by atoms with Gasteiger partial charge in [0.1, 0.15) is 0 Å². The molecule has 2 N–H and O–H groups in total. The predicted octanol–water partition coefficient (Wildman–Crippen LogP) is 3.82. The van der Waals surface area contributed by atoms with Crippen molar-refractivity contribution in [1.82, 2.24) is 5.32 Å². The molecule has 0 heterocycles. The van der Waals surface area contributed by atoms with Gasteiger partial charge in [0.05, 0.1) is 6.10 Å². The average Bonchev–Trinajstić information content (AvgIpc) is 2.47. The Morgan fingerprint density at radius 3 is 2.75 bits per heavy atom. The summed E-state index contributed by atoms with van der Waals surface area (Å²) in [5.74, 6) is 0. The number of aryl methyl sites for hydroxylation is 2. The molecular weight excluding hydrogens is 246 g/mol. The minimum atomic E-state index is -0.408. The van der Waals surface area contributed by atoms with Crippen LogP contribution < -0.4 is 5.32 Å². The first-order chi connectivity index (χ1) is 9.66. The summed E-state index contributed by atoms with van der Waals surface area (Å²) in [5, 5.41) is 13.6. The van der Waals surface area contributed by atoms with Crippen molar-refractivity contribution >= 4 is 0 Å². The highest BCUT2D eigenvalue weighted by molar-refractivity contribution is 5.31. The van der Waals surface area contributed by atoms with Crippen molar-refractivity contribution in [1.29, 1.82) is 0 Å². The predicted molar refractivity (Wildman–Crippen MR) is 84.9 cm³/mol. The Morgan fingerprint density at radius 2 is 2.05 bits per heavy atom. The van der Waals surface area contributed by atoms with Gasteiger partial charge in [0.2, 0.25) is 0 Å². The summed E-state index contributed by atoms with van der Waals surface area (Å²) in [7, 11) is 0.